The molecular formula is C45H89O12P. The third kappa shape index (κ3) is 28.8. The van der Waals surface area contributed by atoms with E-state index in [9.17, 15) is 39.8 Å². The maximum atomic E-state index is 12.8. The molecule has 346 valence electrons. The van der Waals surface area contributed by atoms with Gasteiger partial charge in [-0.1, -0.05) is 200 Å². The van der Waals surface area contributed by atoms with Crippen molar-refractivity contribution in [1.82, 2.24) is 0 Å². The molecular weight excluding hydrogens is 763 g/mol. The molecule has 0 spiro atoms. The summed E-state index contributed by atoms with van der Waals surface area (Å²) in [7, 11) is -5.01. The van der Waals surface area contributed by atoms with Gasteiger partial charge in [0.1, 0.15) is 42.7 Å². The number of aliphatic hydroxyl groups excluding tert-OH is 5. The molecule has 0 amide bonds. The minimum atomic E-state index is -5.01. The number of hydrogen-bond acceptors (Lipinski definition) is 11. The fourth-order valence-electron chi connectivity index (χ4n) is 7.65. The normalized spacial score (nSPS) is 22.6. The molecule has 0 aromatic heterocycles. The van der Waals surface area contributed by atoms with Crippen molar-refractivity contribution in [3.05, 3.63) is 0 Å². The smallest absolute Gasteiger partial charge is 0.457 e. The predicted molar refractivity (Wildman–Crippen MR) is 230 cm³/mol. The Hall–Kier alpha value is -0.660. The highest BCUT2D eigenvalue weighted by molar-refractivity contribution is 7.47. The van der Waals surface area contributed by atoms with E-state index in [1.165, 1.54) is 154 Å². The van der Waals surface area contributed by atoms with Gasteiger partial charge in [-0.2, -0.15) is 0 Å². The molecule has 1 aliphatic rings. The van der Waals surface area contributed by atoms with Gasteiger partial charge in [-0.3, -0.25) is 13.8 Å². The number of hydrogen-bond donors (Lipinski definition) is 6. The Morgan fingerprint density at radius 3 is 1.19 bits per heavy atom. The Morgan fingerprint density at radius 1 is 0.483 bits per heavy atom. The summed E-state index contributed by atoms with van der Waals surface area (Å²) < 4.78 is 34.2. The van der Waals surface area contributed by atoms with Crippen molar-refractivity contribution in [3.8, 4) is 0 Å². The Balaban J connectivity index is 2.35. The molecule has 1 rings (SSSR count). The van der Waals surface area contributed by atoms with Crippen LogP contribution in [0.5, 0.6) is 0 Å². The fraction of sp³-hybridized carbons (Fsp3) is 0.978. The maximum absolute atomic E-state index is 12.8. The lowest BCUT2D eigenvalue weighted by molar-refractivity contribution is -0.220. The standard InChI is InChI=1S/C45H89O12P/c1-3-5-7-9-11-13-15-17-18-19-20-21-23-25-27-29-31-33-35-54-36-38(37-55-58(52,53)57-45-43(50)41(48)40(47)42(49)44(45)51)56-39(46)34-32-30-28-26-24-22-16-14-12-10-8-6-4-2/h38,40-45,47-51H,3-37H2,1-2H3,(H,52,53)/t38-,40?,41-,42?,43?,44?,45?/m1/s1. The van der Waals surface area contributed by atoms with Crippen LogP contribution in [0.4, 0.5) is 0 Å². The van der Waals surface area contributed by atoms with Crippen molar-refractivity contribution in [2.24, 2.45) is 0 Å². The number of rotatable bonds is 41. The van der Waals surface area contributed by atoms with Gasteiger partial charge in [0.05, 0.1) is 13.2 Å². The third-order valence-corrected chi connectivity index (χ3v) is 12.5. The average molecular weight is 853 g/mol. The van der Waals surface area contributed by atoms with Crippen LogP contribution in [0.3, 0.4) is 0 Å². The number of phosphoric ester groups is 1. The molecule has 13 heteroatoms. The van der Waals surface area contributed by atoms with Gasteiger partial charge in [-0.25, -0.2) is 4.57 Å². The van der Waals surface area contributed by atoms with E-state index >= 15 is 0 Å². The molecule has 8 atom stereocenters. The van der Waals surface area contributed by atoms with E-state index in [4.69, 9.17) is 18.5 Å². The second-order valence-electron chi connectivity index (χ2n) is 17.0. The van der Waals surface area contributed by atoms with Gasteiger partial charge in [-0.05, 0) is 12.8 Å². The van der Waals surface area contributed by atoms with E-state index in [2.05, 4.69) is 13.8 Å². The lowest BCUT2D eigenvalue weighted by Crippen LogP contribution is -2.64. The molecule has 0 aliphatic heterocycles. The zero-order valence-corrected chi connectivity index (χ0v) is 37.8. The van der Waals surface area contributed by atoms with Crippen LogP contribution in [0.2, 0.25) is 0 Å². The highest BCUT2D eigenvalue weighted by atomic mass is 31.2. The summed E-state index contributed by atoms with van der Waals surface area (Å²) in [6, 6.07) is 0. The van der Waals surface area contributed by atoms with Gasteiger partial charge in [0.15, 0.2) is 0 Å². The average Bonchev–Trinajstić information content (AvgIpc) is 3.21. The largest absolute Gasteiger partial charge is 0.472 e. The minimum Gasteiger partial charge on any atom is -0.457 e. The molecule has 1 fully saturated rings. The van der Waals surface area contributed by atoms with Gasteiger partial charge in [0.2, 0.25) is 0 Å². The lowest BCUT2D eigenvalue weighted by atomic mass is 9.85. The van der Waals surface area contributed by atoms with Gasteiger partial charge in [-0.15, -0.1) is 0 Å². The molecule has 58 heavy (non-hydrogen) atoms. The van der Waals surface area contributed by atoms with Crippen LogP contribution in [-0.4, -0.2) is 98.9 Å². The number of aliphatic hydroxyl groups is 5. The highest BCUT2D eigenvalue weighted by Crippen LogP contribution is 2.47. The van der Waals surface area contributed by atoms with Gasteiger partial charge in [0.25, 0.3) is 0 Å². The molecule has 6 unspecified atom stereocenters. The summed E-state index contributed by atoms with van der Waals surface area (Å²) in [5.74, 6) is -0.472. The molecule has 0 radical (unpaired) electrons. The first-order valence-electron chi connectivity index (χ1n) is 23.9. The monoisotopic (exact) mass is 853 g/mol. The molecule has 0 heterocycles. The number of esters is 1. The van der Waals surface area contributed by atoms with Crippen LogP contribution in [-0.2, 0) is 27.9 Å². The van der Waals surface area contributed by atoms with E-state index in [1.54, 1.807) is 0 Å². The summed E-state index contributed by atoms with van der Waals surface area (Å²) in [5.41, 5.74) is 0. The first kappa shape index (κ1) is 55.4. The zero-order chi connectivity index (χ0) is 42.7. The van der Waals surface area contributed by atoms with Crippen molar-refractivity contribution < 1.29 is 58.3 Å². The molecule has 12 nitrogen and oxygen atoms in total. The number of carbonyl (C=O) groups is 1. The molecule has 0 aromatic carbocycles. The lowest BCUT2D eigenvalue weighted by Gasteiger charge is -2.41. The van der Waals surface area contributed by atoms with Gasteiger partial charge < -0.3 is 39.9 Å². The van der Waals surface area contributed by atoms with Crippen molar-refractivity contribution in [3.63, 3.8) is 0 Å². The van der Waals surface area contributed by atoms with Crippen molar-refractivity contribution in [2.45, 2.75) is 262 Å². The molecule has 1 saturated carbocycles. The number of ether oxygens (including phenoxy) is 2. The second-order valence-corrected chi connectivity index (χ2v) is 18.4. The highest BCUT2D eigenvalue weighted by Gasteiger charge is 2.51. The summed E-state index contributed by atoms with van der Waals surface area (Å²) in [4.78, 5) is 23.1. The van der Waals surface area contributed by atoms with Crippen molar-refractivity contribution >= 4 is 13.8 Å². The Bertz CT molecular complexity index is 973. The number of phosphoric acid groups is 1. The van der Waals surface area contributed by atoms with Gasteiger partial charge >= 0.3 is 13.8 Å². The topological polar surface area (TPSA) is 192 Å². The number of carbonyl (C=O) groups excluding carboxylic acids is 1. The zero-order valence-electron chi connectivity index (χ0n) is 36.9. The molecule has 0 saturated heterocycles. The van der Waals surface area contributed by atoms with E-state index in [1.807, 2.05) is 0 Å². The van der Waals surface area contributed by atoms with E-state index in [0.29, 0.717) is 13.0 Å². The molecule has 1 aliphatic carbocycles. The fourth-order valence-corrected chi connectivity index (χ4v) is 8.62. The quantitative estimate of drug-likeness (QED) is 0.0194. The minimum absolute atomic E-state index is 0.0679. The molecule has 0 aromatic rings. The number of unbranched alkanes of at least 4 members (excludes halogenated alkanes) is 29. The van der Waals surface area contributed by atoms with Crippen LogP contribution in [0.1, 0.15) is 219 Å². The summed E-state index contributed by atoms with van der Waals surface area (Å²) in [5, 5.41) is 50.2. The molecule has 6 N–H and O–H groups in total. The van der Waals surface area contributed by atoms with Crippen LogP contribution in [0.25, 0.3) is 0 Å². The van der Waals surface area contributed by atoms with E-state index in [0.717, 1.165) is 38.5 Å². The van der Waals surface area contributed by atoms with Crippen LogP contribution < -0.4 is 0 Å². The van der Waals surface area contributed by atoms with Crippen LogP contribution in [0.15, 0.2) is 0 Å². The van der Waals surface area contributed by atoms with E-state index < -0.39 is 63.1 Å². The summed E-state index contributed by atoms with van der Waals surface area (Å²) in [6.07, 6.45) is 26.0. The van der Waals surface area contributed by atoms with Crippen molar-refractivity contribution in [1.29, 1.82) is 0 Å². The van der Waals surface area contributed by atoms with Gasteiger partial charge in [0, 0.05) is 13.0 Å². The summed E-state index contributed by atoms with van der Waals surface area (Å²) in [6.45, 7) is 4.29. The van der Waals surface area contributed by atoms with E-state index in [-0.39, 0.29) is 13.0 Å². The first-order valence-corrected chi connectivity index (χ1v) is 25.4. The SMILES string of the molecule is CCCCCCCCCCCCCCCCCCCCOC[C@H](COP(=O)(O)OC1C(O)C(O)C(O)[C@@H](O)C1O)OC(=O)CCCCCCCCCCCCCCC. The first-order chi connectivity index (χ1) is 28.0. The van der Waals surface area contributed by atoms with Crippen LogP contribution in [0, 0.1) is 0 Å². The Kier molecular flexibility index (Phi) is 35.3. The Labute approximate surface area is 353 Å². The second kappa shape index (κ2) is 36.9. The predicted octanol–water partition coefficient (Wildman–Crippen LogP) is 9.76. The summed E-state index contributed by atoms with van der Waals surface area (Å²) >= 11 is 0. The van der Waals surface area contributed by atoms with Crippen LogP contribution >= 0.6 is 7.82 Å². The maximum Gasteiger partial charge on any atom is 0.472 e. The Morgan fingerprint density at radius 2 is 0.810 bits per heavy atom. The third-order valence-electron chi connectivity index (χ3n) is 11.5. The molecule has 0 bridgehead atoms. The van der Waals surface area contributed by atoms with Crippen molar-refractivity contribution in [2.75, 3.05) is 19.8 Å².